The van der Waals surface area contributed by atoms with Crippen LogP contribution < -0.4 is 5.32 Å². The molecule has 4 heterocycles. The Kier molecular flexibility index (Phi) is 6.28. The van der Waals surface area contributed by atoms with Gasteiger partial charge in [-0.2, -0.15) is 0 Å². The van der Waals surface area contributed by atoms with E-state index in [0.717, 1.165) is 60.9 Å². The maximum absolute atomic E-state index is 7.46. The van der Waals surface area contributed by atoms with Crippen molar-refractivity contribution in [3.63, 3.8) is 0 Å². The van der Waals surface area contributed by atoms with Crippen molar-refractivity contribution >= 4 is 19.1 Å². The quantitative estimate of drug-likeness (QED) is 0.326. The summed E-state index contributed by atoms with van der Waals surface area (Å²) in [5.41, 5.74) is 2.75. The Hall–Kier alpha value is -2.47. The van der Waals surface area contributed by atoms with Crippen LogP contribution in [0.1, 0.15) is 12.8 Å². The van der Waals surface area contributed by atoms with Gasteiger partial charge in [-0.15, -0.1) is 0 Å². The van der Waals surface area contributed by atoms with Gasteiger partial charge in [0.25, 0.3) is 0 Å². The van der Waals surface area contributed by atoms with Crippen LogP contribution in [-0.2, 0) is 17.0 Å². The van der Waals surface area contributed by atoms with E-state index < -0.39 is 8.07 Å². The zero-order chi connectivity index (χ0) is 21.9. The van der Waals surface area contributed by atoms with Gasteiger partial charge in [0.05, 0.1) is 5.69 Å². The Morgan fingerprint density at radius 1 is 1.19 bits per heavy atom. The number of fused-ring (bicyclic) bond motifs is 1. The van der Waals surface area contributed by atoms with Crippen LogP contribution >= 0.6 is 0 Å². The summed E-state index contributed by atoms with van der Waals surface area (Å²) in [5.74, 6) is 0. The van der Waals surface area contributed by atoms with Crippen LogP contribution in [0.2, 0.25) is 25.7 Å². The molecule has 7 nitrogen and oxygen atoms in total. The molecule has 1 saturated heterocycles. The Morgan fingerprint density at radius 3 is 2.74 bits per heavy atom. The Labute approximate surface area is 185 Å². The second-order valence-electron chi connectivity index (χ2n) is 9.69. The minimum Gasteiger partial charge on any atom is -0.361 e. The molecule has 4 rings (SSSR count). The van der Waals surface area contributed by atoms with E-state index in [9.17, 15) is 0 Å². The molecule has 1 aliphatic rings. The molecule has 0 unspecified atom stereocenters. The molecule has 3 aromatic rings. The van der Waals surface area contributed by atoms with E-state index >= 15 is 0 Å². The topological polar surface area (TPSA) is 61.3 Å². The summed E-state index contributed by atoms with van der Waals surface area (Å²) in [6, 6.07) is 5.34. The third kappa shape index (κ3) is 4.74. The number of nitrogens with zero attached hydrogens (tertiary/aromatic N) is 5. The van der Waals surface area contributed by atoms with Gasteiger partial charge < -0.3 is 24.0 Å². The van der Waals surface area contributed by atoms with Crippen LogP contribution in [0.5, 0.6) is 0 Å². The lowest BCUT2D eigenvalue weighted by Crippen LogP contribution is -2.45. The number of ether oxygens (including phenoxy) is 1. The van der Waals surface area contributed by atoms with Gasteiger partial charge in [0.1, 0.15) is 24.2 Å². The maximum atomic E-state index is 7.46. The van der Waals surface area contributed by atoms with Crippen LogP contribution in [0, 0.1) is 6.57 Å². The summed E-state index contributed by atoms with van der Waals surface area (Å²) in [7, 11) is -1.10. The lowest BCUT2D eigenvalue weighted by molar-refractivity contribution is 0.0899. The standard InChI is InChI=1S/C23H32N6OSi/c1-24-16-23(7-9-25-10-8-23)29-12-5-19(15-29)21-20-6-11-28(22(20)27-17-26-21)18-30-13-14-31(2,3)4/h5-6,11-12,15,17,25H,7-10,13-14,16,18H2,2-4H3. The van der Waals surface area contributed by atoms with E-state index in [2.05, 4.69) is 73.4 Å². The molecule has 0 bridgehead atoms. The van der Waals surface area contributed by atoms with Crippen LogP contribution in [0.15, 0.2) is 37.1 Å². The Balaban J connectivity index is 1.57. The van der Waals surface area contributed by atoms with Gasteiger partial charge >= 0.3 is 0 Å². The first-order valence-corrected chi connectivity index (χ1v) is 14.7. The largest absolute Gasteiger partial charge is 0.361 e. The third-order valence-electron chi connectivity index (χ3n) is 6.20. The molecule has 1 aliphatic heterocycles. The van der Waals surface area contributed by atoms with Crippen LogP contribution in [0.25, 0.3) is 27.1 Å². The second kappa shape index (κ2) is 8.95. The van der Waals surface area contributed by atoms with E-state index in [0.29, 0.717) is 13.3 Å². The number of rotatable bonds is 8. The minimum absolute atomic E-state index is 0.131. The molecule has 1 N–H and O–H groups in total. The highest BCUT2D eigenvalue weighted by atomic mass is 28.3. The Bertz CT molecular complexity index is 1070. The highest BCUT2D eigenvalue weighted by Crippen LogP contribution is 2.32. The molecule has 164 valence electrons. The number of piperidine rings is 1. The van der Waals surface area contributed by atoms with Gasteiger partial charge in [0.2, 0.25) is 6.54 Å². The first-order valence-electron chi connectivity index (χ1n) is 11.0. The van der Waals surface area contributed by atoms with Crippen molar-refractivity contribution in [3.8, 4) is 11.3 Å². The summed E-state index contributed by atoms with van der Waals surface area (Å²) in [6.07, 6.45) is 9.85. The first-order chi connectivity index (χ1) is 14.9. The molecule has 0 saturated carbocycles. The number of hydrogen-bond acceptors (Lipinski definition) is 4. The number of hydrogen-bond donors (Lipinski definition) is 1. The van der Waals surface area contributed by atoms with E-state index in [-0.39, 0.29) is 5.54 Å². The lowest BCUT2D eigenvalue weighted by atomic mass is 9.88. The van der Waals surface area contributed by atoms with Crippen LogP contribution in [0.3, 0.4) is 0 Å². The van der Waals surface area contributed by atoms with E-state index in [1.165, 1.54) is 0 Å². The monoisotopic (exact) mass is 436 g/mol. The molecule has 0 radical (unpaired) electrons. The van der Waals surface area contributed by atoms with Crippen molar-refractivity contribution in [2.75, 3.05) is 26.2 Å². The van der Waals surface area contributed by atoms with Gasteiger partial charge in [-0.05, 0) is 44.1 Å². The van der Waals surface area contributed by atoms with Gasteiger partial charge in [-0.3, -0.25) is 0 Å². The molecular weight excluding hydrogens is 404 g/mol. The highest BCUT2D eigenvalue weighted by Gasteiger charge is 2.37. The fourth-order valence-electron chi connectivity index (χ4n) is 4.25. The third-order valence-corrected chi connectivity index (χ3v) is 7.91. The SMILES string of the molecule is [C-]#[N+]CC1(n2ccc(-c3ncnc4c3ccn4COCC[Si](C)(C)C)c2)CCNCC1. The predicted molar refractivity (Wildman–Crippen MR) is 127 cm³/mol. The van der Waals surface area contributed by atoms with Crippen molar-refractivity contribution in [1.29, 1.82) is 0 Å². The van der Waals surface area contributed by atoms with Gasteiger partial charge in [-0.25, -0.2) is 16.5 Å². The number of nitrogens with one attached hydrogen (secondary N) is 1. The Morgan fingerprint density at radius 2 is 2.00 bits per heavy atom. The van der Waals surface area contributed by atoms with Gasteiger partial charge in [0, 0.05) is 44.2 Å². The normalized spacial score (nSPS) is 16.5. The molecule has 31 heavy (non-hydrogen) atoms. The number of aromatic nitrogens is 4. The summed E-state index contributed by atoms with van der Waals surface area (Å²) < 4.78 is 10.2. The zero-order valence-corrected chi connectivity index (χ0v) is 19.8. The second-order valence-corrected chi connectivity index (χ2v) is 15.3. The molecule has 0 atom stereocenters. The summed E-state index contributed by atoms with van der Waals surface area (Å²) in [5, 5.41) is 4.44. The molecule has 3 aromatic heterocycles. The van der Waals surface area contributed by atoms with Gasteiger partial charge in [0.15, 0.2) is 0 Å². The average molecular weight is 437 g/mol. The van der Waals surface area contributed by atoms with Crippen molar-refractivity contribution in [1.82, 2.24) is 24.4 Å². The molecule has 0 amide bonds. The van der Waals surface area contributed by atoms with Crippen molar-refractivity contribution < 1.29 is 4.74 Å². The first kappa shape index (κ1) is 21.7. The fraction of sp³-hybridized carbons (Fsp3) is 0.522. The van der Waals surface area contributed by atoms with E-state index in [1.54, 1.807) is 6.33 Å². The van der Waals surface area contributed by atoms with Crippen LogP contribution in [-0.4, -0.2) is 53.4 Å². The van der Waals surface area contributed by atoms with Crippen molar-refractivity contribution in [3.05, 3.63) is 48.5 Å². The van der Waals surface area contributed by atoms with E-state index in [4.69, 9.17) is 11.3 Å². The molecule has 0 spiro atoms. The molecule has 0 aromatic carbocycles. The van der Waals surface area contributed by atoms with Gasteiger partial charge in [-0.1, -0.05) is 19.6 Å². The highest BCUT2D eigenvalue weighted by molar-refractivity contribution is 6.76. The predicted octanol–water partition coefficient (Wildman–Crippen LogP) is 4.21. The van der Waals surface area contributed by atoms with E-state index in [1.807, 2.05) is 6.20 Å². The summed E-state index contributed by atoms with van der Waals surface area (Å²) in [4.78, 5) is 12.9. The molecule has 8 heteroatoms. The zero-order valence-electron chi connectivity index (χ0n) is 18.8. The van der Waals surface area contributed by atoms with Crippen molar-refractivity contribution in [2.24, 2.45) is 0 Å². The molecule has 1 fully saturated rings. The summed E-state index contributed by atoms with van der Waals surface area (Å²) in [6.45, 7) is 18.2. The lowest BCUT2D eigenvalue weighted by Gasteiger charge is -2.34. The fourth-order valence-corrected chi connectivity index (χ4v) is 5.00. The maximum Gasteiger partial charge on any atom is 0.237 e. The molecular formula is C23H32N6OSi. The minimum atomic E-state index is -1.10. The van der Waals surface area contributed by atoms with Crippen molar-refractivity contribution in [2.45, 2.75) is 50.8 Å². The summed E-state index contributed by atoms with van der Waals surface area (Å²) >= 11 is 0. The van der Waals surface area contributed by atoms with Crippen LogP contribution in [0.4, 0.5) is 0 Å². The average Bonchev–Trinajstić information content (AvgIpc) is 3.39. The smallest absolute Gasteiger partial charge is 0.237 e. The molecule has 0 aliphatic carbocycles.